The molecule has 0 fully saturated rings. The van der Waals surface area contributed by atoms with E-state index in [9.17, 15) is 5.11 Å². The Labute approximate surface area is 126 Å². The zero-order valence-electron chi connectivity index (χ0n) is 13.0. The van der Waals surface area contributed by atoms with Crippen LogP contribution in [0.5, 0.6) is 0 Å². The molecule has 0 aliphatic carbocycles. The van der Waals surface area contributed by atoms with Crippen LogP contribution in [-0.4, -0.2) is 33.3 Å². The van der Waals surface area contributed by atoms with E-state index in [4.69, 9.17) is 0 Å². The lowest BCUT2D eigenvalue weighted by atomic mass is 9.75. The summed E-state index contributed by atoms with van der Waals surface area (Å²) in [5, 5.41) is 21.0. The van der Waals surface area contributed by atoms with Crippen molar-refractivity contribution >= 4 is 0 Å². The summed E-state index contributed by atoms with van der Waals surface area (Å²) in [7, 11) is 1.89. The normalized spacial score (nSPS) is 13.3. The zero-order valence-corrected chi connectivity index (χ0v) is 13.0. The molecule has 1 aromatic carbocycles. The molecule has 0 spiro atoms. The maximum atomic E-state index is 9.70. The number of aromatic nitrogens is 3. The number of rotatable bonds is 7. The molecule has 0 aliphatic heterocycles. The van der Waals surface area contributed by atoms with Gasteiger partial charge >= 0.3 is 0 Å². The lowest BCUT2D eigenvalue weighted by molar-refractivity contribution is 0.129. The van der Waals surface area contributed by atoms with Crippen LogP contribution >= 0.6 is 0 Å². The standard InChI is InChI=1S/C16H24N4O/c1-16(2,12-21)15(13-7-5-4-6-8-13)11-17-9-14-10-18-19-20(14)3/h4-8,10,15,17,21H,9,11-12H2,1-3H3. The number of hydrogen-bond acceptors (Lipinski definition) is 4. The number of aliphatic hydroxyl groups is 1. The fourth-order valence-electron chi connectivity index (χ4n) is 2.46. The minimum Gasteiger partial charge on any atom is -0.396 e. The predicted molar refractivity (Wildman–Crippen MR) is 82.8 cm³/mol. The topological polar surface area (TPSA) is 63.0 Å². The summed E-state index contributed by atoms with van der Waals surface area (Å²) in [6.45, 7) is 5.86. The second kappa shape index (κ2) is 6.83. The molecule has 1 atom stereocenters. The van der Waals surface area contributed by atoms with Crippen molar-refractivity contribution in [3.05, 3.63) is 47.8 Å². The third kappa shape index (κ3) is 3.89. The maximum absolute atomic E-state index is 9.70. The van der Waals surface area contributed by atoms with Crippen LogP contribution in [0, 0.1) is 5.41 Å². The van der Waals surface area contributed by atoms with E-state index in [2.05, 4.69) is 41.6 Å². The molecule has 0 saturated heterocycles. The molecule has 5 nitrogen and oxygen atoms in total. The summed E-state index contributed by atoms with van der Waals surface area (Å²) in [6, 6.07) is 10.3. The van der Waals surface area contributed by atoms with Crippen LogP contribution in [0.25, 0.3) is 0 Å². The number of nitrogens with zero attached hydrogens (tertiary/aromatic N) is 3. The number of aryl methyl sites for hydroxylation is 1. The van der Waals surface area contributed by atoms with Crippen LogP contribution in [0.2, 0.25) is 0 Å². The minimum absolute atomic E-state index is 0.154. The van der Waals surface area contributed by atoms with Crippen molar-refractivity contribution in [2.24, 2.45) is 12.5 Å². The highest BCUT2D eigenvalue weighted by Gasteiger charge is 2.29. The molecule has 0 amide bonds. The van der Waals surface area contributed by atoms with Crippen LogP contribution in [0.3, 0.4) is 0 Å². The molecule has 1 aromatic heterocycles. The molecule has 0 radical (unpaired) electrons. The molecular formula is C16H24N4O. The van der Waals surface area contributed by atoms with Gasteiger partial charge in [0.25, 0.3) is 0 Å². The third-order valence-corrected chi connectivity index (χ3v) is 4.02. The van der Waals surface area contributed by atoms with Gasteiger partial charge in [0.05, 0.1) is 11.9 Å². The number of nitrogens with one attached hydrogen (secondary N) is 1. The van der Waals surface area contributed by atoms with Gasteiger partial charge in [-0.05, 0) is 11.0 Å². The Morgan fingerprint density at radius 2 is 2.00 bits per heavy atom. The van der Waals surface area contributed by atoms with Gasteiger partial charge < -0.3 is 10.4 Å². The fourth-order valence-corrected chi connectivity index (χ4v) is 2.46. The SMILES string of the molecule is Cn1nncc1CNCC(c1ccccc1)C(C)(C)CO. The van der Waals surface area contributed by atoms with Crippen molar-refractivity contribution in [3.8, 4) is 0 Å². The van der Waals surface area contributed by atoms with Gasteiger partial charge in [-0.1, -0.05) is 49.4 Å². The van der Waals surface area contributed by atoms with Crippen molar-refractivity contribution < 1.29 is 5.11 Å². The first kappa shape index (κ1) is 15.7. The smallest absolute Gasteiger partial charge is 0.0738 e. The second-order valence-corrected chi connectivity index (χ2v) is 6.09. The van der Waals surface area contributed by atoms with Gasteiger partial charge in [0.2, 0.25) is 0 Å². The Balaban J connectivity index is 2.05. The van der Waals surface area contributed by atoms with Gasteiger partial charge in [0.1, 0.15) is 0 Å². The molecule has 1 unspecified atom stereocenters. The number of aliphatic hydroxyl groups excluding tert-OH is 1. The average molecular weight is 288 g/mol. The number of hydrogen-bond donors (Lipinski definition) is 2. The van der Waals surface area contributed by atoms with E-state index >= 15 is 0 Å². The van der Waals surface area contributed by atoms with E-state index in [-0.39, 0.29) is 17.9 Å². The highest BCUT2D eigenvalue weighted by Crippen LogP contribution is 2.34. The first-order valence-corrected chi connectivity index (χ1v) is 7.24. The predicted octanol–water partition coefficient (Wildman–Crippen LogP) is 1.71. The molecule has 2 N–H and O–H groups in total. The van der Waals surface area contributed by atoms with E-state index in [1.54, 1.807) is 10.9 Å². The summed E-state index contributed by atoms with van der Waals surface area (Å²) in [5.74, 6) is 0.241. The third-order valence-electron chi connectivity index (χ3n) is 4.02. The van der Waals surface area contributed by atoms with Crippen LogP contribution in [0.15, 0.2) is 36.5 Å². The molecule has 1 heterocycles. The molecular weight excluding hydrogens is 264 g/mol. The number of benzene rings is 1. The Morgan fingerprint density at radius 3 is 2.57 bits per heavy atom. The Morgan fingerprint density at radius 1 is 1.29 bits per heavy atom. The van der Waals surface area contributed by atoms with Crippen LogP contribution in [-0.2, 0) is 13.6 Å². The summed E-state index contributed by atoms with van der Waals surface area (Å²) >= 11 is 0. The quantitative estimate of drug-likeness (QED) is 0.814. The lowest BCUT2D eigenvalue weighted by Gasteiger charge is -2.33. The molecule has 0 aliphatic rings. The minimum atomic E-state index is -0.181. The van der Waals surface area contributed by atoms with Gasteiger partial charge in [0.15, 0.2) is 0 Å². The van der Waals surface area contributed by atoms with Crippen LogP contribution < -0.4 is 5.32 Å². The maximum Gasteiger partial charge on any atom is 0.0738 e. The van der Waals surface area contributed by atoms with E-state index in [1.807, 2.05) is 25.2 Å². The van der Waals surface area contributed by atoms with Crippen molar-refractivity contribution in [2.45, 2.75) is 26.3 Å². The molecule has 21 heavy (non-hydrogen) atoms. The summed E-state index contributed by atoms with van der Waals surface area (Å²) in [6.07, 6.45) is 1.77. The van der Waals surface area contributed by atoms with Crippen molar-refractivity contribution in [2.75, 3.05) is 13.2 Å². The van der Waals surface area contributed by atoms with Gasteiger partial charge in [-0.2, -0.15) is 0 Å². The molecule has 0 saturated carbocycles. The highest BCUT2D eigenvalue weighted by molar-refractivity contribution is 5.22. The zero-order chi connectivity index (χ0) is 15.3. The average Bonchev–Trinajstić information content (AvgIpc) is 2.89. The van der Waals surface area contributed by atoms with Crippen molar-refractivity contribution in [1.82, 2.24) is 20.3 Å². The van der Waals surface area contributed by atoms with Gasteiger partial charge in [-0.25, -0.2) is 0 Å². The fraction of sp³-hybridized carbons (Fsp3) is 0.500. The molecule has 2 aromatic rings. The van der Waals surface area contributed by atoms with E-state index in [1.165, 1.54) is 5.56 Å². The Kier molecular flexibility index (Phi) is 5.09. The molecule has 5 heteroatoms. The molecule has 114 valence electrons. The summed E-state index contributed by atoms with van der Waals surface area (Å²) in [4.78, 5) is 0. The van der Waals surface area contributed by atoms with Crippen LogP contribution in [0.4, 0.5) is 0 Å². The second-order valence-electron chi connectivity index (χ2n) is 6.09. The van der Waals surface area contributed by atoms with Gasteiger partial charge in [-0.3, -0.25) is 4.68 Å². The van der Waals surface area contributed by atoms with Gasteiger partial charge in [0, 0.05) is 32.7 Å². The first-order valence-electron chi connectivity index (χ1n) is 7.24. The Bertz CT molecular complexity index is 550. The van der Waals surface area contributed by atoms with Crippen molar-refractivity contribution in [3.63, 3.8) is 0 Å². The summed E-state index contributed by atoms with van der Waals surface area (Å²) in [5.41, 5.74) is 2.11. The van der Waals surface area contributed by atoms with Crippen LogP contribution in [0.1, 0.15) is 31.0 Å². The molecule has 2 rings (SSSR count). The van der Waals surface area contributed by atoms with E-state index in [0.717, 1.165) is 12.2 Å². The van der Waals surface area contributed by atoms with E-state index in [0.29, 0.717) is 6.54 Å². The van der Waals surface area contributed by atoms with Crippen molar-refractivity contribution in [1.29, 1.82) is 0 Å². The largest absolute Gasteiger partial charge is 0.396 e. The monoisotopic (exact) mass is 288 g/mol. The highest BCUT2D eigenvalue weighted by atomic mass is 16.3. The van der Waals surface area contributed by atoms with E-state index < -0.39 is 0 Å². The van der Waals surface area contributed by atoms with Gasteiger partial charge in [-0.15, -0.1) is 5.10 Å². The Hall–Kier alpha value is -1.72. The molecule has 0 bridgehead atoms. The first-order chi connectivity index (χ1) is 10.0. The summed E-state index contributed by atoms with van der Waals surface area (Å²) < 4.78 is 1.77. The lowest BCUT2D eigenvalue weighted by Crippen LogP contribution is -2.34.